The van der Waals surface area contributed by atoms with E-state index in [0.29, 0.717) is 23.3 Å². The van der Waals surface area contributed by atoms with Crippen molar-refractivity contribution in [1.29, 1.82) is 0 Å². The fourth-order valence-corrected chi connectivity index (χ4v) is 2.70. The van der Waals surface area contributed by atoms with Crippen LogP contribution in [0.2, 0.25) is 0 Å². The molecule has 0 bridgehead atoms. The lowest BCUT2D eigenvalue weighted by molar-refractivity contribution is 0.364. The van der Waals surface area contributed by atoms with Crippen molar-refractivity contribution >= 4 is 10.2 Å². The molecule has 0 fully saturated rings. The first-order chi connectivity index (χ1) is 8.85. The van der Waals surface area contributed by atoms with Crippen molar-refractivity contribution in [2.45, 2.75) is 18.7 Å². The minimum atomic E-state index is -9.58. The zero-order valence-electron chi connectivity index (χ0n) is 10.8. The summed E-state index contributed by atoms with van der Waals surface area (Å²) in [5, 5.41) is 0. The maximum atomic E-state index is 12.6. The third-order valence-corrected chi connectivity index (χ3v) is 4.02. The normalized spacial score (nSPS) is 15.6. The van der Waals surface area contributed by atoms with E-state index in [-0.39, 0.29) is 0 Å². The molecule has 6 heteroatoms. The van der Waals surface area contributed by atoms with Crippen LogP contribution >= 0.6 is 10.2 Å². The zero-order valence-corrected chi connectivity index (χ0v) is 11.7. The van der Waals surface area contributed by atoms with E-state index in [1.807, 2.05) is 19.9 Å². The Balaban J connectivity index is 2.49. The summed E-state index contributed by atoms with van der Waals surface area (Å²) in [6.07, 6.45) is 0. The summed E-state index contributed by atoms with van der Waals surface area (Å²) in [4.78, 5) is -1.86. The van der Waals surface area contributed by atoms with Crippen LogP contribution in [0.3, 0.4) is 0 Å². The first kappa shape index (κ1) is 14.8. The molecule has 20 heavy (non-hydrogen) atoms. The second-order valence-electron chi connectivity index (χ2n) is 4.87. The topological polar surface area (TPSA) is 0 Å². The van der Waals surface area contributed by atoms with E-state index < -0.39 is 15.1 Å². The van der Waals surface area contributed by atoms with Crippen LogP contribution in [0.25, 0.3) is 11.1 Å². The third kappa shape index (κ3) is 3.30. The molecule has 0 aromatic heterocycles. The van der Waals surface area contributed by atoms with Gasteiger partial charge in [-0.3, -0.25) is 0 Å². The van der Waals surface area contributed by atoms with E-state index in [1.54, 1.807) is 12.1 Å². The lowest BCUT2D eigenvalue weighted by Crippen LogP contribution is -2.05. The van der Waals surface area contributed by atoms with Crippen molar-refractivity contribution in [2.24, 2.45) is 0 Å². The van der Waals surface area contributed by atoms with Gasteiger partial charge in [0.25, 0.3) is 0 Å². The van der Waals surface area contributed by atoms with Gasteiger partial charge in [-0.25, -0.2) is 0 Å². The van der Waals surface area contributed by atoms with E-state index in [0.717, 1.165) is 23.3 Å². The molecule has 0 spiro atoms. The van der Waals surface area contributed by atoms with Gasteiger partial charge < -0.3 is 0 Å². The molecule has 0 saturated heterocycles. The summed E-state index contributed by atoms with van der Waals surface area (Å²) in [5.74, 6) is 0. The zero-order chi connectivity index (χ0) is 15.2. The highest BCUT2D eigenvalue weighted by Gasteiger charge is 2.65. The van der Waals surface area contributed by atoms with Gasteiger partial charge in [0.05, 0.1) is 0 Å². The van der Waals surface area contributed by atoms with E-state index in [4.69, 9.17) is 0 Å². The molecule has 0 saturated carbocycles. The Labute approximate surface area is 114 Å². The molecule has 0 unspecified atom stereocenters. The molecule has 2 aromatic rings. The van der Waals surface area contributed by atoms with Crippen LogP contribution < -0.4 is 0 Å². The standard InChI is InChI=1S/C14H13F5S/c1-10-7-11(2)9-13(8-10)12-3-5-14(6-4-12)20(15,16,17,18)19/h3-9H,1-2H3. The number of aryl methyl sites for hydroxylation is 2. The predicted molar refractivity (Wildman–Crippen MR) is 72.7 cm³/mol. The van der Waals surface area contributed by atoms with Crippen molar-refractivity contribution in [3.8, 4) is 11.1 Å². The van der Waals surface area contributed by atoms with Crippen molar-refractivity contribution in [3.63, 3.8) is 0 Å². The summed E-state index contributed by atoms with van der Waals surface area (Å²) in [6, 6.07) is 8.53. The lowest BCUT2D eigenvalue weighted by Gasteiger charge is -2.40. The fraction of sp³-hybridized carbons (Fsp3) is 0.143. The molecule has 0 aliphatic carbocycles. The maximum absolute atomic E-state index is 12.6. The van der Waals surface area contributed by atoms with E-state index in [9.17, 15) is 19.4 Å². The van der Waals surface area contributed by atoms with Gasteiger partial charge in [0.2, 0.25) is 0 Å². The van der Waals surface area contributed by atoms with Gasteiger partial charge in [0, 0.05) is 0 Å². The van der Waals surface area contributed by atoms with Crippen LogP contribution in [0.4, 0.5) is 19.4 Å². The Bertz CT molecular complexity index is 636. The number of hydrogen-bond acceptors (Lipinski definition) is 0. The number of benzene rings is 2. The summed E-state index contributed by atoms with van der Waals surface area (Å²) < 4.78 is 63.0. The molecular weight excluding hydrogens is 295 g/mol. The summed E-state index contributed by atoms with van der Waals surface area (Å²) in [7, 11) is -9.58. The number of rotatable bonds is 2. The Morgan fingerprint density at radius 3 is 1.50 bits per heavy atom. The quantitative estimate of drug-likeness (QED) is 0.546. The first-order valence-electron chi connectivity index (χ1n) is 5.78. The van der Waals surface area contributed by atoms with Crippen molar-refractivity contribution in [3.05, 3.63) is 53.6 Å². The average Bonchev–Trinajstić information content (AvgIpc) is 2.25. The Morgan fingerprint density at radius 1 is 0.650 bits per heavy atom. The van der Waals surface area contributed by atoms with E-state index in [1.165, 1.54) is 0 Å². The molecule has 0 aliphatic rings. The largest absolute Gasteiger partial charge is 0.310 e. The third-order valence-electron chi connectivity index (χ3n) is 2.85. The molecule has 0 aliphatic heterocycles. The van der Waals surface area contributed by atoms with E-state index in [2.05, 4.69) is 0 Å². The highest BCUT2D eigenvalue weighted by molar-refractivity contribution is 8.45. The second-order valence-corrected chi connectivity index (χ2v) is 7.28. The van der Waals surface area contributed by atoms with Crippen molar-refractivity contribution in [2.75, 3.05) is 0 Å². The number of hydrogen-bond donors (Lipinski definition) is 0. The van der Waals surface area contributed by atoms with Crippen LogP contribution in [0.15, 0.2) is 47.4 Å². The Morgan fingerprint density at radius 2 is 1.10 bits per heavy atom. The van der Waals surface area contributed by atoms with Gasteiger partial charge in [0.15, 0.2) is 0 Å². The van der Waals surface area contributed by atoms with Crippen LogP contribution in [0.5, 0.6) is 0 Å². The Hall–Kier alpha value is -1.56. The summed E-state index contributed by atoms with van der Waals surface area (Å²) in [5.41, 5.74) is 3.09. The number of halogens is 5. The SMILES string of the molecule is Cc1cc(C)cc(-c2ccc(S(F)(F)(F)(F)F)cc2)c1. The van der Waals surface area contributed by atoms with Crippen LogP contribution in [-0.4, -0.2) is 0 Å². The fourth-order valence-electron chi connectivity index (χ4n) is 2.05. The molecule has 0 atom stereocenters. The van der Waals surface area contributed by atoms with Crippen LogP contribution in [0.1, 0.15) is 11.1 Å². The molecule has 0 N–H and O–H groups in total. The van der Waals surface area contributed by atoms with E-state index >= 15 is 0 Å². The molecule has 0 nitrogen and oxygen atoms in total. The second kappa shape index (κ2) is 3.75. The molecule has 2 aromatic carbocycles. The van der Waals surface area contributed by atoms with Gasteiger partial charge >= 0.3 is 10.2 Å². The van der Waals surface area contributed by atoms with Gasteiger partial charge in [-0.1, -0.05) is 60.9 Å². The molecule has 0 radical (unpaired) electrons. The molecule has 0 heterocycles. The van der Waals surface area contributed by atoms with Gasteiger partial charge in [0.1, 0.15) is 4.90 Å². The molecule has 0 amide bonds. The van der Waals surface area contributed by atoms with Crippen molar-refractivity contribution in [1.82, 2.24) is 0 Å². The smallest absolute Gasteiger partial charge is 0.0936 e. The maximum Gasteiger partial charge on any atom is 0.310 e. The lowest BCUT2D eigenvalue weighted by atomic mass is 10.0. The van der Waals surface area contributed by atoms with Crippen molar-refractivity contribution < 1.29 is 19.4 Å². The summed E-state index contributed by atoms with van der Waals surface area (Å²) in [6.45, 7) is 3.72. The minimum absolute atomic E-state index is 0.439. The summed E-state index contributed by atoms with van der Waals surface area (Å²) >= 11 is 0. The Kier molecular flexibility index (Phi) is 2.78. The predicted octanol–water partition coefficient (Wildman–Crippen LogP) is 6.63. The first-order valence-corrected chi connectivity index (χ1v) is 7.73. The highest BCUT2D eigenvalue weighted by Crippen LogP contribution is 3.02. The van der Waals surface area contributed by atoms with Gasteiger partial charge in [-0.2, -0.15) is 0 Å². The average molecular weight is 308 g/mol. The molecule has 110 valence electrons. The highest BCUT2D eigenvalue weighted by atomic mass is 32.5. The van der Waals surface area contributed by atoms with Gasteiger partial charge in [-0.15, -0.1) is 0 Å². The molecular formula is C14H13F5S. The minimum Gasteiger partial charge on any atom is -0.0936 e. The molecule has 2 rings (SSSR count). The van der Waals surface area contributed by atoms with Crippen LogP contribution in [0, 0.1) is 13.8 Å². The van der Waals surface area contributed by atoms with Crippen LogP contribution in [-0.2, 0) is 0 Å². The van der Waals surface area contributed by atoms with Gasteiger partial charge in [-0.05, 0) is 37.1 Å². The monoisotopic (exact) mass is 308 g/mol.